The van der Waals surface area contributed by atoms with Crippen molar-refractivity contribution in [2.45, 2.75) is 45.1 Å². The van der Waals surface area contributed by atoms with Crippen LogP contribution in [0.3, 0.4) is 0 Å². The van der Waals surface area contributed by atoms with Crippen LogP contribution in [0, 0.1) is 5.92 Å². The highest BCUT2D eigenvalue weighted by Crippen LogP contribution is 2.44. The highest BCUT2D eigenvalue weighted by Gasteiger charge is 2.41. The van der Waals surface area contributed by atoms with Gasteiger partial charge in [-0.15, -0.1) is 0 Å². The Morgan fingerprint density at radius 3 is 2.89 bits per heavy atom. The highest BCUT2D eigenvalue weighted by molar-refractivity contribution is 5.47. The first-order valence-electron chi connectivity index (χ1n) is 7.24. The Balaban J connectivity index is 2.10. The Morgan fingerprint density at radius 1 is 1.28 bits per heavy atom. The molecule has 18 heavy (non-hydrogen) atoms. The van der Waals surface area contributed by atoms with Crippen LogP contribution in [0.1, 0.15) is 44.2 Å². The molecule has 2 heteroatoms. The van der Waals surface area contributed by atoms with Gasteiger partial charge in [0.15, 0.2) is 0 Å². The fraction of sp³-hybridized carbons (Fsp3) is 0.625. The van der Waals surface area contributed by atoms with Crippen LogP contribution >= 0.6 is 0 Å². The molecule has 0 amide bonds. The van der Waals surface area contributed by atoms with Crippen LogP contribution < -0.4 is 10.1 Å². The molecule has 0 aliphatic carbocycles. The van der Waals surface area contributed by atoms with Crippen molar-refractivity contribution in [1.82, 2.24) is 5.32 Å². The van der Waals surface area contributed by atoms with Crippen molar-refractivity contribution in [3.63, 3.8) is 0 Å². The predicted octanol–water partition coefficient (Wildman–Crippen LogP) is 3.25. The van der Waals surface area contributed by atoms with Gasteiger partial charge in [0.25, 0.3) is 0 Å². The Morgan fingerprint density at radius 2 is 2.17 bits per heavy atom. The lowest BCUT2D eigenvalue weighted by molar-refractivity contribution is 0.240. The summed E-state index contributed by atoms with van der Waals surface area (Å²) in [4.78, 5) is 0. The smallest absolute Gasteiger partial charge is 0.127 e. The Kier molecular flexibility index (Phi) is 3.06. The molecule has 1 aromatic rings. The third-order valence-electron chi connectivity index (χ3n) is 4.59. The molecule has 98 valence electrons. The zero-order chi connectivity index (χ0) is 12.6. The second kappa shape index (κ2) is 4.58. The van der Waals surface area contributed by atoms with Gasteiger partial charge < -0.3 is 10.1 Å². The van der Waals surface area contributed by atoms with Crippen molar-refractivity contribution in [1.29, 1.82) is 0 Å². The van der Waals surface area contributed by atoms with E-state index in [0.29, 0.717) is 5.92 Å². The van der Waals surface area contributed by atoms with Crippen molar-refractivity contribution in [2.75, 3.05) is 13.2 Å². The highest BCUT2D eigenvalue weighted by atomic mass is 16.5. The van der Waals surface area contributed by atoms with Gasteiger partial charge in [0.05, 0.1) is 6.61 Å². The summed E-state index contributed by atoms with van der Waals surface area (Å²) in [5, 5.41) is 3.76. The fourth-order valence-corrected chi connectivity index (χ4v) is 3.54. The summed E-state index contributed by atoms with van der Waals surface area (Å²) in [6.07, 6.45) is 4.81. The van der Waals surface area contributed by atoms with Gasteiger partial charge >= 0.3 is 0 Å². The number of hydrogen-bond donors (Lipinski definition) is 1. The molecule has 2 aliphatic rings. The molecule has 1 aromatic carbocycles. The molecule has 1 unspecified atom stereocenters. The van der Waals surface area contributed by atoms with Crippen molar-refractivity contribution >= 4 is 0 Å². The summed E-state index contributed by atoms with van der Waals surface area (Å²) in [5.41, 5.74) is 2.92. The van der Waals surface area contributed by atoms with Crippen molar-refractivity contribution < 1.29 is 4.74 Å². The molecule has 2 aliphatic heterocycles. The normalized spacial score (nSPS) is 27.1. The van der Waals surface area contributed by atoms with Gasteiger partial charge in [0, 0.05) is 11.1 Å². The quantitative estimate of drug-likeness (QED) is 0.863. The zero-order valence-corrected chi connectivity index (χ0v) is 11.5. The largest absolute Gasteiger partial charge is 0.493 e. The molecule has 0 saturated carbocycles. The van der Waals surface area contributed by atoms with Crippen molar-refractivity contribution in [2.24, 2.45) is 5.92 Å². The molecular weight excluding hydrogens is 222 g/mol. The third kappa shape index (κ3) is 1.74. The average Bonchev–Trinajstić information content (AvgIpc) is 2.88. The summed E-state index contributed by atoms with van der Waals surface area (Å²) in [6.45, 7) is 6.64. The molecule has 0 bridgehead atoms. The van der Waals surface area contributed by atoms with Gasteiger partial charge in [-0.1, -0.05) is 32.0 Å². The first kappa shape index (κ1) is 12.0. The van der Waals surface area contributed by atoms with Gasteiger partial charge in [0.2, 0.25) is 0 Å². The Hall–Kier alpha value is -1.02. The van der Waals surface area contributed by atoms with E-state index in [1.807, 2.05) is 0 Å². The first-order valence-corrected chi connectivity index (χ1v) is 7.24. The van der Waals surface area contributed by atoms with Gasteiger partial charge in [-0.2, -0.15) is 0 Å². The average molecular weight is 245 g/mol. The van der Waals surface area contributed by atoms with Gasteiger partial charge in [0.1, 0.15) is 5.75 Å². The van der Waals surface area contributed by atoms with Crippen LogP contribution in [0.4, 0.5) is 0 Å². The molecule has 1 atom stereocenters. The lowest BCUT2D eigenvalue weighted by Gasteiger charge is -2.37. The van der Waals surface area contributed by atoms with E-state index in [1.54, 1.807) is 0 Å². The second-order valence-electron chi connectivity index (χ2n) is 5.90. The van der Waals surface area contributed by atoms with E-state index < -0.39 is 0 Å². The number of aryl methyl sites for hydroxylation is 1. The molecule has 2 nitrogen and oxygen atoms in total. The number of nitrogens with one attached hydrogen (secondary N) is 1. The van der Waals surface area contributed by atoms with E-state index in [1.165, 1.54) is 29.7 Å². The molecular formula is C16H23NO. The monoisotopic (exact) mass is 245 g/mol. The maximum atomic E-state index is 6.00. The van der Waals surface area contributed by atoms with Gasteiger partial charge in [-0.05, 0) is 43.7 Å². The number of fused-ring (bicyclic) bond motifs is 1. The third-order valence-corrected chi connectivity index (χ3v) is 4.59. The molecule has 2 heterocycles. The molecule has 1 saturated heterocycles. The van der Waals surface area contributed by atoms with Crippen LogP contribution in [0.25, 0.3) is 0 Å². The maximum Gasteiger partial charge on any atom is 0.127 e. The molecule has 0 spiro atoms. The standard InChI is InChI=1S/C16H23NO/c1-12(2)16(9-5-10-17-16)14-8-3-6-13-7-4-11-18-15(13)14/h3,6,8,12,17H,4-5,7,9-11H2,1-2H3. The van der Waals surface area contributed by atoms with Crippen molar-refractivity contribution in [3.05, 3.63) is 29.3 Å². The SMILES string of the molecule is CC(C)C1(c2cccc3c2OCCC3)CCCN1. The topological polar surface area (TPSA) is 21.3 Å². The fourth-order valence-electron chi connectivity index (χ4n) is 3.54. The molecule has 1 fully saturated rings. The first-order chi connectivity index (χ1) is 8.74. The summed E-state index contributed by atoms with van der Waals surface area (Å²) < 4.78 is 6.00. The minimum Gasteiger partial charge on any atom is -0.493 e. The van der Waals surface area contributed by atoms with Gasteiger partial charge in [-0.25, -0.2) is 0 Å². The van der Waals surface area contributed by atoms with E-state index >= 15 is 0 Å². The van der Waals surface area contributed by atoms with Crippen LogP contribution in [-0.2, 0) is 12.0 Å². The molecule has 3 rings (SSSR count). The van der Waals surface area contributed by atoms with Crippen LogP contribution in [-0.4, -0.2) is 13.2 Å². The predicted molar refractivity (Wildman–Crippen MR) is 74.0 cm³/mol. The van der Waals surface area contributed by atoms with E-state index in [9.17, 15) is 0 Å². The maximum absolute atomic E-state index is 6.00. The number of rotatable bonds is 2. The number of ether oxygens (including phenoxy) is 1. The number of para-hydroxylation sites is 1. The van der Waals surface area contributed by atoms with Gasteiger partial charge in [-0.3, -0.25) is 0 Å². The lowest BCUT2D eigenvalue weighted by atomic mass is 9.77. The lowest BCUT2D eigenvalue weighted by Crippen LogP contribution is -2.42. The second-order valence-corrected chi connectivity index (χ2v) is 5.90. The van der Waals surface area contributed by atoms with Crippen LogP contribution in [0.15, 0.2) is 18.2 Å². The van der Waals surface area contributed by atoms with Crippen LogP contribution in [0.5, 0.6) is 5.75 Å². The Bertz CT molecular complexity index is 433. The van der Waals surface area contributed by atoms with E-state index in [0.717, 1.165) is 26.0 Å². The number of benzene rings is 1. The van der Waals surface area contributed by atoms with Crippen molar-refractivity contribution in [3.8, 4) is 5.75 Å². The summed E-state index contributed by atoms with van der Waals surface area (Å²) in [6, 6.07) is 6.69. The van der Waals surface area contributed by atoms with Crippen LogP contribution in [0.2, 0.25) is 0 Å². The summed E-state index contributed by atoms with van der Waals surface area (Å²) in [5.74, 6) is 1.77. The van der Waals surface area contributed by atoms with E-state index in [-0.39, 0.29) is 5.54 Å². The minimum absolute atomic E-state index is 0.128. The minimum atomic E-state index is 0.128. The molecule has 0 aromatic heterocycles. The van der Waals surface area contributed by atoms with E-state index in [4.69, 9.17) is 4.74 Å². The summed E-state index contributed by atoms with van der Waals surface area (Å²) >= 11 is 0. The zero-order valence-electron chi connectivity index (χ0n) is 11.5. The number of hydrogen-bond acceptors (Lipinski definition) is 2. The summed E-state index contributed by atoms with van der Waals surface area (Å²) in [7, 11) is 0. The molecule has 1 N–H and O–H groups in total. The Labute approximate surface area is 110 Å². The van der Waals surface area contributed by atoms with E-state index in [2.05, 4.69) is 37.4 Å². The molecule has 0 radical (unpaired) electrons.